The van der Waals surface area contributed by atoms with Crippen LogP contribution in [0.3, 0.4) is 0 Å². The van der Waals surface area contributed by atoms with Crippen LogP contribution in [0.1, 0.15) is 53.1 Å². The van der Waals surface area contributed by atoms with Gasteiger partial charge in [-0.3, -0.25) is 4.79 Å². The number of nitrogens with zero attached hydrogens (tertiary/aromatic N) is 2. The zero-order chi connectivity index (χ0) is 23.2. The Morgan fingerprint density at radius 2 is 1.73 bits per heavy atom. The Balaban J connectivity index is 1.43. The molecule has 1 N–H and O–H groups in total. The van der Waals surface area contributed by atoms with Crippen molar-refractivity contribution in [1.82, 2.24) is 14.9 Å². The molecule has 170 valence electrons. The predicted octanol–water partition coefficient (Wildman–Crippen LogP) is 6.00. The molecule has 1 aromatic heterocycles. The molecule has 1 amide bonds. The molecule has 0 fully saturated rings. The molecule has 5 heteroatoms. The number of amides is 1. The molecular weight excluding hydrogens is 410 g/mol. The Morgan fingerprint density at radius 1 is 0.970 bits per heavy atom. The van der Waals surface area contributed by atoms with Gasteiger partial charge < -0.3 is 14.6 Å². The molecule has 0 aliphatic carbocycles. The molecule has 3 aromatic carbocycles. The second-order valence-electron chi connectivity index (χ2n) is 8.55. The van der Waals surface area contributed by atoms with Crippen LogP contribution in [0.4, 0.5) is 0 Å². The number of carbonyl (C=O) groups is 1. The molecular formula is C28H31N3O2. The van der Waals surface area contributed by atoms with Crippen LogP contribution >= 0.6 is 0 Å². The van der Waals surface area contributed by atoms with Gasteiger partial charge in [-0.05, 0) is 75.6 Å². The maximum Gasteiger partial charge on any atom is 0.251 e. The van der Waals surface area contributed by atoms with Gasteiger partial charge in [-0.2, -0.15) is 0 Å². The molecule has 4 aromatic rings. The van der Waals surface area contributed by atoms with E-state index in [2.05, 4.69) is 35.0 Å². The van der Waals surface area contributed by atoms with E-state index in [1.807, 2.05) is 68.4 Å². The molecule has 5 nitrogen and oxygen atoms in total. The molecule has 0 aliphatic heterocycles. The Bertz CT molecular complexity index is 1240. The van der Waals surface area contributed by atoms with Crippen molar-refractivity contribution in [3.63, 3.8) is 0 Å². The molecule has 0 radical (unpaired) electrons. The summed E-state index contributed by atoms with van der Waals surface area (Å²) in [5, 5.41) is 3.12. The smallest absolute Gasteiger partial charge is 0.251 e. The van der Waals surface area contributed by atoms with Gasteiger partial charge in [0.25, 0.3) is 5.91 Å². The summed E-state index contributed by atoms with van der Waals surface area (Å²) in [5.41, 5.74) is 4.96. The average molecular weight is 442 g/mol. The summed E-state index contributed by atoms with van der Waals surface area (Å²) < 4.78 is 8.13. The quantitative estimate of drug-likeness (QED) is 0.324. The van der Waals surface area contributed by atoms with Crippen LogP contribution in [-0.2, 0) is 6.54 Å². The van der Waals surface area contributed by atoms with E-state index in [4.69, 9.17) is 9.72 Å². The number of fused-ring (bicyclic) bond motifs is 1. The van der Waals surface area contributed by atoms with Crippen LogP contribution in [-0.4, -0.2) is 22.1 Å². The van der Waals surface area contributed by atoms with Gasteiger partial charge in [0.15, 0.2) is 0 Å². The number of unbranched alkanes of at least 4 members (excludes halogenated alkanes) is 1. The molecule has 0 spiro atoms. The molecule has 0 saturated carbocycles. The molecule has 33 heavy (non-hydrogen) atoms. The van der Waals surface area contributed by atoms with E-state index in [1.54, 1.807) is 0 Å². The lowest BCUT2D eigenvalue weighted by atomic mass is 10.1. The van der Waals surface area contributed by atoms with Crippen LogP contribution in [0.5, 0.6) is 5.75 Å². The molecule has 1 unspecified atom stereocenters. The Morgan fingerprint density at radius 3 is 2.52 bits per heavy atom. The first kappa shape index (κ1) is 22.6. The van der Waals surface area contributed by atoms with E-state index in [1.165, 1.54) is 5.56 Å². The fraction of sp³-hybridized carbons (Fsp3) is 0.286. The minimum Gasteiger partial charge on any atom is -0.494 e. The number of hydrogen-bond acceptors (Lipinski definition) is 3. The van der Waals surface area contributed by atoms with Crippen LogP contribution in [0.2, 0.25) is 0 Å². The van der Waals surface area contributed by atoms with Crippen molar-refractivity contribution in [1.29, 1.82) is 0 Å². The third-order valence-electron chi connectivity index (χ3n) is 5.73. The van der Waals surface area contributed by atoms with E-state index < -0.39 is 0 Å². The summed E-state index contributed by atoms with van der Waals surface area (Å²) in [6, 6.07) is 23.7. The first-order valence-electron chi connectivity index (χ1n) is 11.5. The number of carbonyl (C=O) groups excluding carboxylic acids is 1. The maximum atomic E-state index is 12.8. The highest BCUT2D eigenvalue weighted by Crippen LogP contribution is 2.22. The van der Waals surface area contributed by atoms with Gasteiger partial charge >= 0.3 is 0 Å². The van der Waals surface area contributed by atoms with Crippen molar-refractivity contribution >= 4 is 16.9 Å². The fourth-order valence-corrected chi connectivity index (χ4v) is 4.06. The summed E-state index contributed by atoms with van der Waals surface area (Å²) in [5.74, 6) is 1.70. The molecule has 0 aliphatic rings. The molecule has 1 atom stereocenters. The number of benzene rings is 3. The maximum absolute atomic E-state index is 12.8. The van der Waals surface area contributed by atoms with Gasteiger partial charge in [-0.1, -0.05) is 42.0 Å². The zero-order valence-electron chi connectivity index (χ0n) is 19.5. The van der Waals surface area contributed by atoms with Gasteiger partial charge in [0, 0.05) is 12.1 Å². The molecule has 0 bridgehead atoms. The normalized spacial score (nSPS) is 12.0. The number of para-hydroxylation sites is 2. The van der Waals surface area contributed by atoms with E-state index in [-0.39, 0.29) is 11.9 Å². The van der Waals surface area contributed by atoms with Gasteiger partial charge in [0.05, 0.1) is 23.7 Å². The summed E-state index contributed by atoms with van der Waals surface area (Å²) >= 11 is 0. The summed E-state index contributed by atoms with van der Waals surface area (Å²) in [6.45, 7) is 7.54. The lowest BCUT2D eigenvalue weighted by Gasteiger charge is -2.17. The van der Waals surface area contributed by atoms with E-state index in [9.17, 15) is 4.79 Å². The molecule has 4 rings (SSSR count). The number of aromatic nitrogens is 2. The SMILES string of the molecule is Cc1cccc(OCCCCn2c(C(C)NC(=O)c3cccc(C)c3)nc3ccccc32)c1. The van der Waals surface area contributed by atoms with Crippen LogP contribution in [0.15, 0.2) is 72.8 Å². The highest BCUT2D eigenvalue weighted by Gasteiger charge is 2.19. The lowest BCUT2D eigenvalue weighted by Crippen LogP contribution is -2.28. The Labute approximate surface area is 195 Å². The number of nitrogens with one attached hydrogen (secondary N) is 1. The van der Waals surface area contributed by atoms with Gasteiger partial charge in [-0.15, -0.1) is 0 Å². The van der Waals surface area contributed by atoms with E-state index >= 15 is 0 Å². The highest BCUT2D eigenvalue weighted by molar-refractivity contribution is 5.94. The van der Waals surface area contributed by atoms with Crippen LogP contribution in [0.25, 0.3) is 11.0 Å². The summed E-state index contributed by atoms with van der Waals surface area (Å²) in [6.07, 6.45) is 1.89. The van der Waals surface area contributed by atoms with Crippen molar-refractivity contribution in [3.8, 4) is 5.75 Å². The number of rotatable bonds is 9. The van der Waals surface area contributed by atoms with E-state index in [0.29, 0.717) is 12.2 Å². The van der Waals surface area contributed by atoms with Gasteiger partial charge in [0.1, 0.15) is 11.6 Å². The third kappa shape index (κ3) is 5.61. The highest BCUT2D eigenvalue weighted by atomic mass is 16.5. The zero-order valence-corrected chi connectivity index (χ0v) is 19.5. The lowest BCUT2D eigenvalue weighted by molar-refractivity contribution is 0.0937. The number of aryl methyl sites for hydroxylation is 3. The topological polar surface area (TPSA) is 56.1 Å². The van der Waals surface area contributed by atoms with Crippen molar-refractivity contribution in [2.75, 3.05) is 6.61 Å². The van der Waals surface area contributed by atoms with E-state index in [0.717, 1.165) is 47.6 Å². The summed E-state index contributed by atoms with van der Waals surface area (Å²) in [7, 11) is 0. The predicted molar refractivity (Wildman–Crippen MR) is 133 cm³/mol. The van der Waals surface area contributed by atoms with Crippen molar-refractivity contribution in [2.45, 2.75) is 46.2 Å². The second kappa shape index (κ2) is 10.3. The first-order valence-corrected chi connectivity index (χ1v) is 11.5. The largest absolute Gasteiger partial charge is 0.494 e. The fourth-order valence-electron chi connectivity index (χ4n) is 4.06. The first-order chi connectivity index (χ1) is 16.0. The molecule has 0 saturated heterocycles. The number of hydrogen-bond donors (Lipinski definition) is 1. The molecule has 1 heterocycles. The van der Waals surface area contributed by atoms with Crippen molar-refractivity contribution in [3.05, 3.63) is 95.3 Å². The number of ether oxygens (including phenoxy) is 1. The summed E-state index contributed by atoms with van der Waals surface area (Å²) in [4.78, 5) is 17.7. The second-order valence-corrected chi connectivity index (χ2v) is 8.55. The number of imidazole rings is 1. The minimum absolute atomic E-state index is 0.0867. The van der Waals surface area contributed by atoms with Gasteiger partial charge in [-0.25, -0.2) is 4.98 Å². The Hall–Kier alpha value is -3.60. The van der Waals surface area contributed by atoms with Crippen molar-refractivity contribution in [2.24, 2.45) is 0 Å². The van der Waals surface area contributed by atoms with Crippen LogP contribution in [0, 0.1) is 13.8 Å². The third-order valence-corrected chi connectivity index (χ3v) is 5.73. The Kier molecular flexibility index (Phi) is 7.08. The minimum atomic E-state index is -0.214. The average Bonchev–Trinajstić information content (AvgIpc) is 3.18. The standard InChI is InChI=1S/C28H31N3O2/c1-20-10-8-12-23(18-20)28(32)29-22(3)27-30-25-14-4-5-15-26(25)31(27)16-6-7-17-33-24-13-9-11-21(2)19-24/h4-5,8-15,18-19,22H,6-7,16-17H2,1-3H3,(H,29,32). The monoisotopic (exact) mass is 441 g/mol. The van der Waals surface area contributed by atoms with Gasteiger partial charge in [0.2, 0.25) is 0 Å². The van der Waals surface area contributed by atoms with Crippen LogP contribution < -0.4 is 10.1 Å². The van der Waals surface area contributed by atoms with Crippen molar-refractivity contribution < 1.29 is 9.53 Å².